The number of H-pyrrole nitrogens is 2. The Morgan fingerprint density at radius 1 is 1.62 bits per heavy atom. The molecule has 1 aromatic rings. The van der Waals surface area contributed by atoms with E-state index in [1.807, 2.05) is 4.98 Å². The molecule has 6 nitrogen and oxygen atoms in total. The molecule has 0 fully saturated rings. The van der Waals surface area contributed by atoms with E-state index < -0.39 is 11.2 Å². The molecule has 13 heavy (non-hydrogen) atoms. The quantitative estimate of drug-likeness (QED) is 0.543. The van der Waals surface area contributed by atoms with Crippen LogP contribution in [0.3, 0.4) is 0 Å². The van der Waals surface area contributed by atoms with Gasteiger partial charge in [0.15, 0.2) is 5.03 Å². The molecule has 0 spiro atoms. The van der Waals surface area contributed by atoms with Gasteiger partial charge in [-0.2, -0.15) is 5.10 Å². The Balaban J connectivity index is 2.90. The smallest absolute Gasteiger partial charge is 0.342 e. The second-order valence-electron chi connectivity index (χ2n) is 2.42. The van der Waals surface area contributed by atoms with Gasteiger partial charge in [-0.3, -0.25) is 9.78 Å². The van der Waals surface area contributed by atoms with Crippen LogP contribution in [-0.4, -0.2) is 32.1 Å². The number of aromatic nitrogens is 3. The van der Waals surface area contributed by atoms with Crippen molar-refractivity contribution in [2.75, 3.05) is 6.61 Å². The van der Waals surface area contributed by atoms with Crippen LogP contribution in [0.1, 0.15) is 6.92 Å². The van der Waals surface area contributed by atoms with Crippen LogP contribution < -0.4 is 11.2 Å². The molecule has 0 saturated heterocycles. The maximum atomic E-state index is 11.1. The third-order valence-electron chi connectivity index (χ3n) is 1.25. The second-order valence-corrected chi connectivity index (χ2v) is 3.85. The Labute approximate surface area is 77.4 Å². The third-order valence-corrected chi connectivity index (χ3v) is 2.30. The van der Waals surface area contributed by atoms with Crippen molar-refractivity contribution in [3.8, 4) is 0 Å². The molecule has 0 aliphatic heterocycles. The molecule has 1 rings (SSSR count). The number of aromatic amines is 2. The fourth-order valence-electron chi connectivity index (χ4n) is 0.645. The summed E-state index contributed by atoms with van der Waals surface area (Å²) in [5.41, 5.74) is -1.17. The first-order valence-electron chi connectivity index (χ1n) is 3.60. The van der Waals surface area contributed by atoms with Gasteiger partial charge < -0.3 is 5.11 Å². The summed E-state index contributed by atoms with van der Waals surface area (Å²) in [6.45, 7) is 1.70. The molecule has 3 N–H and O–H groups in total. The number of hydrogen-bond donors (Lipinski definition) is 3. The molecule has 72 valence electrons. The van der Waals surface area contributed by atoms with E-state index in [1.165, 1.54) is 0 Å². The number of rotatable bonds is 3. The first kappa shape index (κ1) is 10.0. The molecule has 0 aliphatic rings. The van der Waals surface area contributed by atoms with Crippen molar-refractivity contribution in [2.24, 2.45) is 0 Å². The van der Waals surface area contributed by atoms with E-state index in [2.05, 4.69) is 10.2 Å². The molecule has 1 aromatic heterocycles. The van der Waals surface area contributed by atoms with Crippen LogP contribution in [0.25, 0.3) is 0 Å². The van der Waals surface area contributed by atoms with Gasteiger partial charge in [0.2, 0.25) is 0 Å². The SMILES string of the molecule is CC(CO)Sc1n[nH]c(=O)[nH]c1=O. The van der Waals surface area contributed by atoms with Crippen molar-refractivity contribution in [3.63, 3.8) is 0 Å². The van der Waals surface area contributed by atoms with Crippen molar-refractivity contribution in [1.29, 1.82) is 0 Å². The van der Waals surface area contributed by atoms with Gasteiger partial charge >= 0.3 is 5.69 Å². The van der Waals surface area contributed by atoms with E-state index in [0.717, 1.165) is 11.8 Å². The van der Waals surface area contributed by atoms with Gasteiger partial charge in [-0.25, -0.2) is 9.89 Å². The zero-order valence-electron chi connectivity index (χ0n) is 6.90. The van der Waals surface area contributed by atoms with Crippen LogP contribution in [0.5, 0.6) is 0 Å². The van der Waals surface area contributed by atoms with Crippen molar-refractivity contribution >= 4 is 11.8 Å². The van der Waals surface area contributed by atoms with Crippen molar-refractivity contribution < 1.29 is 5.11 Å². The zero-order valence-corrected chi connectivity index (χ0v) is 7.72. The fourth-order valence-corrected chi connectivity index (χ4v) is 1.36. The minimum absolute atomic E-state index is 0.0507. The van der Waals surface area contributed by atoms with E-state index in [-0.39, 0.29) is 16.9 Å². The Kier molecular flexibility index (Phi) is 3.26. The summed E-state index contributed by atoms with van der Waals surface area (Å²) in [5.74, 6) is 0. The Morgan fingerprint density at radius 3 is 2.85 bits per heavy atom. The molecule has 0 amide bonds. The van der Waals surface area contributed by atoms with Gasteiger partial charge in [0.1, 0.15) is 0 Å². The molecule has 0 aromatic carbocycles. The number of nitrogens with one attached hydrogen (secondary N) is 2. The highest BCUT2D eigenvalue weighted by atomic mass is 32.2. The third kappa shape index (κ3) is 2.71. The molecule has 1 heterocycles. The zero-order chi connectivity index (χ0) is 9.84. The lowest BCUT2D eigenvalue weighted by Crippen LogP contribution is -2.25. The van der Waals surface area contributed by atoms with Gasteiger partial charge in [-0.15, -0.1) is 0 Å². The molecule has 0 saturated carbocycles. The van der Waals surface area contributed by atoms with Crippen LogP contribution in [0.15, 0.2) is 14.6 Å². The molecular formula is C6H9N3O3S. The lowest BCUT2D eigenvalue weighted by atomic mass is 10.5. The van der Waals surface area contributed by atoms with Gasteiger partial charge in [0.05, 0.1) is 6.61 Å². The van der Waals surface area contributed by atoms with Crippen LogP contribution in [0.2, 0.25) is 0 Å². The summed E-state index contributed by atoms with van der Waals surface area (Å²) in [6, 6.07) is 0. The van der Waals surface area contributed by atoms with Crippen molar-refractivity contribution in [2.45, 2.75) is 17.2 Å². The largest absolute Gasteiger partial charge is 0.395 e. The topological polar surface area (TPSA) is 98.8 Å². The molecule has 0 aliphatic carbocycles. The summed E-state index contributed by atoms with van der Waals surface area (Å²) in [6.07, 6.45) is 0. The number of aliphatic hydroxyl groups is 1. The van der Waals surface area contributed by atoms with E-state index in [0.29, 0.717) is 0 Å². The monoisotopic (exact) mass is 203 g/mol. The summed E-state index contributed by atoms with van der Waals surface area (Å²) >= 11 is 1.10. The maximum absolute atomic E-state index is 11.1. The first-order chi connectivity index (χ1) is 6.13. The first-order valence-corrected chi connectivity index (χ1v) is 4.48. The number of hydrogen-bond acceptors (Lipinski definition) is 5. The Morgan fingerprint density at radius 2 is 2.31 bits per heavy atom. The minimum atomic E-state index is -0.633. The minimum Gasteiger partial charge on any atom is -0.395 e. The number of aliphatic hydroxyl groups excluding tert-OH is 1. The standard InChI is InChI=1S/C6H9N3O3S/c1-3(2-10)13-5-4(11)7-6(12)9-8-5/h3,10H,2H2,1H3,(H2,7,9,11,12). The summed E-state index contributed by atoms with van der Waals surface area (Å²) in [5, 5.41) is 14.4. The lowest BCUT2D eigenvalue weighted by molar-refractivity contribution is 0.300. The predicted molar refractivity (Wildman–Crippen MR) is 47.9 cm³/mol. The highest BCUT2D eigenvalue weighted by Gasteiger charge is 2.07. The summed E-state index contributed by atoms with van der Waals surface area (Å²) in [7, 11) is 0. The average Bonchev–Trinajstić information content (AvgIpc) is 2.09. The van der Waals surface area contributed by atoms with Crippen LogP contribution >= 0.6 is 11.8 Å². The highest BCUT2D eigenvalue weighted by Crippen LogP contribution is 2.14. The predicted octanol–water partition coefficient (Wildman–Crippen LogP) is -1.07. The molecule has 1 unspecified atom stereocenters. The highest BCUT2D eigenvalue weighted by molar-refractivity contribution is 7.99. The van der Waals surface area contributed by atoms with E-state index in [1.54, 1.807) is 6.92 Å². The normalized spacial score (nSPS) is 12.8. The number of nitrogens with zero attached hydrogens (tertiary/aromatic N) is 1. The maximum Gasteiger partial charge on any atom is 0.342 e. The van der Waals surface area contributed by atoms with Crippen molar-refractivity contribution in [1.82, 2.24) is 15.2 Å². The molecule has 0 radical (unpaired) electrons. The van der Waals surface area contributed by atoms with Gasteiger partial charge in [0.25, 0.3) is 5.56 Å². The van der Waals surface area contributed by atoms with Crippen LogP contribution in [-0.2, 0) is 0 Å². The molecule has 1 atom stereocenters. The lowest BCUT2D eigenvalue weighted by Gasteiger charge is -2.03. The van der Waals surface area contributed by atoms with Crippen molar-refractivity contribution in [3.05, 3.63) is 20.8 Å². The Bertz CT molecular complexity index is 385. The number of thioether (sulfide) groups is 1. The Hall–Kier alpha value is -1.08. The van der Waals surface area contributed by atoms with Gasteiger partial charge in [0, 0.05) is 5.25 Å². The van der Waals surface area contributed by atoms with Crippen LogP contribution in [0.4, 0.5) is 0 Å². The second kappa shape index (κ2) is 4.24. The molecular weight excluding hydrogens is 194 g/mol. The van der Waals surface area contributed by atoms with E-state index in [9.17, 15) is 9.59 Å². The van der Waals surface area contributed by atoms with E-state index >= 15 is 0 Å². The van der Waals surface area contributed by atoms with Crippen LogP contribution in [0, 0.1) is 0 Å². The summed E-state index contributed by atoms with van der Waals surface area (Å²) in [4.78, 5) is 23.7. The fraction of sp³-hybridized carbons (Fsp3) is 0.500. The summed E-state index contributed by atoms with van der Waals surface area (Å²) < 4.78 is 0. The van der Waals surface area contributed by atoms with E-state index in [4.69, 9.17) is 5.11 Å². The van der Waals surface area contributed by atoms with Gasteiger partial charge in [-0.1, -0.05) is 18.7 Å². The average molecular weight is 203 g/mol. The molecule has 7 heteroatoms. The van der Waals surface area contributed by atoms with Gasteiger partial charge in [-0.05, 0) is 0 Å². The molecule has 0 bridgehead atoms.